The third-order valence-electron chi connectivity index (χ3n) is 10.3. The molecular weight excluding hydrogens is 660 g/mol. The minimum absolute atomic E-state index is 0.0155. The average Bonchev–Trinajstić information content (AvgIpc) is 3.99. The minimum Gasteiger partial charge on any atom is -0.449 e. The van der Waals surface area contributed by atoms with E-state index in [4.69, 9.17) is 9.47 Å². The van der Waals surface area contributed by atoms with Gasteiger partial charge in [-0.05, 0) is 42.1 Å². The number of benzene rings is 1. The third-order valence-corrected chi connectivity index (χ3v) is 12.1. The Balaban J connectivity index is 1.61. The van der Waals surface area contributed by atoms with Crippen LogP contribution < -0.4 is 15.4 Å². The van der Waals surface area contributed by atoms with Gasteiger partial charge in [-0.2, -0.15) is 0 Å². The van der Waals surface area contributed by atoms with Gasteiger partial charge in [-0.3, -0.25) is 19.1 Å². The molecule has 4 amide bonds. The van der Waals surface area contributed by atoms with Gasteiger partial charge in [-0.25, -0.2) is 13.2 Å². The number of unbranched alkanes of at least 4 members (excludes halogenated alkanes) is 2. The number of rotatable bonds is 16. The molecule has 1 heterocycles. The zero-order chi connectivity index (χ0) is 37.1. The standard InChI is InChI=1S/C37H56N4O8S/c1-9-11-15-20-35(6,7)24-49-33(45)38-29(34(3,4)5)31(43)41-23-36(48-8,26-16-13-12-14-17-26)22-28(41)30(42)39-37(21-25(37)10-2)32(44)40-50(46,47)27-18-19-27/h10,12-14,16-17,25,27-29H,2,9,11,15,18-24H2,1,3-8H3,(H,38,45)(H,39,42)(H,40,44)/t25-,28+,29-,36+,37-/m1/s1. The van der Waals surface area contributed by atoms with Gasteiger partial charge in [0, 0.05) is 19.4 Å². The Morgan fingerprint density at radius 3 is 2.26 bits per heavy atom. The molecule has 3 aliphatic rings. The molecule has 1 aliphatic heterocycles. The van der Waals surface area contributed by atoms with Gasteiger partial charge < -0.3 is 25.0 Å². The highest BCUT2D eigenvalue weighted by Gasteiger charge is 2.62. The van der Waals surface area contributed by atoms with E-state index in [-0.39, 0.29) is 31.4 Å². The van der Waals surface area contributed by atoms with Gasteiger partial charge >= 0.3 is 6.09 Å². The van der Waals surface area contributed by atoms with Crippen LogP contribution >= 0.6 is 0 Å². The Hall–Kier alpha value is -3.45. The fraction of sp³-hybridized carbons (Fsp3) is 0.676. The number of alkyl carbamates (subject to hydrolysis) is 1. The van der Waals surface area contributed by atoms with Crippen LogP contribution in [0.4, 0.5) is 4.79 Å². The lowest BCUT2D eigenvalue weighted by Gasteiger charge is -2.36. The highest BCUT2D eigenvalue weighted by atomic mass is 32.2. The van der Waals surface area contributed by atoms with Crippen molar-refractivity contribution in [2.75, 3.05) is 20.3 Å². The summed E-state index contributed by atoms with van der Waals surface area (Å²) in [5.74, 6) is -2.48. The molecule has 0 aromatic heterocycles. The van der Waals surface area contributed by atoms with E-state index in [1.165, 1.54) is 18.1 Å². The van der Waals surface area contributed by atoms with E-state index in [2.05, 4.69) is 28.9 Å². The van der Waals surface area contributed by atoms with Crippen molar-refractivity contribution in [2.24, 2.45) is 16.7 Å². The number of hydrogen-bond acceptors (Lipinski definition) is 8. The normalized spacial score (nSPS) is 25.7. The van der Waals surface area contributed by atoms with Crippen LogP contribution in [0.2, 0.25) is 0 Å². The second-order valence-electron chi connectivity index (χ2n) is 16.1. The second-order valence-corrected chi connectivity index (χ2v) is 18.0. The van der Waals surface area contributed by atoms with Gasteiger partial charge in [-0.1, -0.05) is 97.2 Å². The molecular formula is C37H56N4O8S. The molecule has 3 N–H and O–H groups in total. The molecule has 12 nitrogen and oxygen atoms in total. The summed E-state index contributed by atoms with van der Waals surface area (Å²) in [5, 5.41) is 4.98. The number of nitrogens with one attached hydrogen (secondary N) is 3. The fourth-order valence-corrected chi connectivity index (χ4v) is 8.10. The van der Waals surface area contributed by atoms with Crippen molar-refractivity contribution >= 4 is 33.8 Å². The SMILES string of the molecule is C=C[C@@H]1C[C@]1(NC(=O)[C@@H]1C[C@@](OC)(c2ccccc2)CN1C(=O)[C@@H](NC(=O)OCC(C)(C)CCCCC)C(C)(C)C)C(=O)NS(=O)(=O)C1CC1. The first-order chi connectivity index (χ1) is 23.3. The van der Waals surface area contributed by atoms with Crippen LogP contribution in [-0.4, -0.2) is 80.3 Å². The maximum absolute atomic E-state index is 14.6. The van der Waals surface area contributed by atoms with Crippen molar-refractivity contribution in [3.63, 3.8) is 0 Å². The van der Waals surface area contributed by atoms with Crippen LogP contribution in [0.5, 0.6) is 0 Å². The molecule has 1 saturated heterocycles. The van der Waals surface area contributed by atoms with Gasteiger partial charge in [0.2, 0.25) is 21.8 Å². The smallest absolute Gasteiger partial charge is 0.407 e. The number of carbonyl (C=O) groups excluding carboxylic acids is 4. The van der Waals surface area contributed by atoms with Crippen LogP contribution in [0, 0.1) is 16.7 Å². The molecule has 0 unspecified atom stereocenters. The molecule has 5 atom stereocenters. The summed E-state index contributed by atoms with van der Waals surface area (Å²) in [6, 6.07) is 7.04. The number of sulfonamides is 1. The molecule has 2 aliphatic carbocycles. The molecule has 13 heteroatoms. The maximum Gasteiger partial charge on any atom is 0.407 e. The minimum atomic E-state index is -3.88. The Morgan fingerprint density at radius 2 is 1.72 bits per heavy atom. The molecule has 278 valence electrons. The first kappa shape index (κ1) is 39.3. The summed E-state index contributed by atoms with van der Waals surface area (Å²) in [6.07, 6.45) is 6.02. The van der Waals surface area contributed by atoms with E-state index in [0.717, 1.165) is 31.2 Å². The summed E-state index contributed by atoms with van der Waals surface area (Å²) < 4.78 is 39.2. The lowest BCUT2D eigenvalue weighted by molar-refractivity contribution is -0.143. The zero-order valence-electron chi connectivity index (χ0n) is 30.7. The van der Waals surface area contributed by atoms with E-state index < -0.39 is 73.6 Å². The average molecular weight is 717 g/mol. The van der Waals surface area contributed by atoms with Gasteiger partial charge in [0.15, 0.2) is 0 Å². The van der Waals surface area contributed by atoms with Crippen LogP contribution in [0.1, 0.15) is 98.5 Å². The Kier molecular flexibility index (Phi) is 11.8. The van der Waals surface area contributed by atoms with E-state index in [9.17, 15) is 27.6 Å². The first-order valence-electron chi connectivity index (χ1n) is 17.7. The Bertz CT molecular complexity index is 1540. The summed E-state index contributed by atoms with van der Waals surface area (Å²) in [4.78, 5) is 57.0. The van der Waals surface area contributed by atoms with Crippen molar-refractivity contribution in [1.82, 2.24) is 20.3 Å². The van der Waals surface area contributed by atoms with Crippen LogP contribution in [-0.2, 0) is 39.5 Å². The molecule has 0 radical (unpaired) electrons. The van der Waals surface area contributed by atoms with Crippen LogP contribution in [0.15, 0.2) is 43.0 Å². The molecule has 0 spiro atoms. The highest BCUT2D eigenvalue weighted by Crippen LogP contribution is 2.46. The molecule has 3 fully saturated rings. The number of methoxy groups -OCH3 is 1. The lowest BCUT2D eigenvalue weighted by Crippen LogP contribution is -2.60. The topological polar surface area (TPSA) is 160 Å². The Morgan fingerprint density at radius 1 is 1.06 bits per heavy atom. The fourth-order valence-electron chi connectivity index (χ4n) is 6.73. The second kappa shape index (κ2) is 15.0. The molecule has 50 heavy (non-hydrogen) atoms. The Labute approximate surface area is 297 Å². The summed E-state index contributed by atoms with van der Waals surface area (Å²) >= 11 is 0. The largest absolute Gasteiger partial charge is 0.449 e. The summed E-state index contributed by atoms with van der Waals surface area (Å²) in [6.45, 7) is 15.6. The van der Waals surface area contributed by atoms with E-state index in [1.807, 2.05) is 65.0 Å². The first-order valence-corrected chi connectivity index (χ1v) is 19.2. The lowest BCUT2D eigenvalue weighted by atomic mass is 9.85. The predicted molar refractivity (Wildman–Crippen MR) is 190 cm³/mol. The quantitative estimate of drug-likeness (QED) is 0.166. The van der Waals surface area contributed by atoms with Gasteiger partial charge in [-0.15, -0.1) is 6.58 Å². The number of nitrogens with zero attached hydrogens (tertiary/aromatic N) is 1. The number of carbonyl (C=O) groups is 4. The number of hydrogen-bond donors (Lipinski definition) is 3. The highest BCUT2D eigenvalue weighted by molar-refractivity contribution is 7.91. The molecule has 1 aromatic rings. The molecule has 0 bridgehead atoms. The maximum atomic E-state index is 14.6. The molecule has 2 saturated carbocycles. The van der Waals surface area contributed by atoms with Gasteiger partial charge in [0.25, 0.3) is 5.91 Å². The van der Waals surface area contributed by atoms with Crippen molar-refractivity contribution in [2.45, 2.75) is 121 Å². The molecule has 1 aromatic carbocycles. The van der Waals surface area contributed by atoms with Gasteiger partial charge in [0.05, 0.1) is 18.4 Å². The predicted octanol–water partition coefficient (Wildman–Crippen LogP) is 4.55. The number of ether oxygens (including phenoxy) is 2. The van der Waals surface area contributed by atoms with Crippen molar-refractivity contribution in [1.29, 1.82) is 0 Å². The van der Waals surface area contributed by atoms with Gasteiger partial charge in [0.1, 0.15) is 23.2 Å². The zero-order valence-corrected chi connectivity index (χ0v) is 31.5. The number of likely N-dealkylation sites (tertiary alicyclic amines) is 1. The van der Waals surface area contributed by atoms with E-state index >= 15 is 0 Å². The summed E-state index contributed by atoms with van der Waals surface area (Å²) in [7, 11) is -2.36. The molecule has 4 rings (SSSR count). The van der Waals surface area contributed by atoms with Crippen LogP contribution in [0.3, 0.4) is 0 Å². The summed E-state index contributed by atoms with van der Waals surface area (Å²) in [5.41, 5.74) is -2.90. The van der Waals surface area contributed by atoms with Crippen LogP contribution in [0.25, 0.3) is 0 Å². The third kappa shape index (κ3) is 8.88. The number of amides is 4. The van der Waals surface area contributed by atoms with Crippen molar-refractivity contribution in [3.05, 3.63) is 48.6 Å². The monoisotopic (exact) mass is 716 g/mol. The van der Waals surface area contributed by atoms with Crippen molar-refractivity contribution < 1.29 is 37.1 Å². The van der Waals surface area contributed by atoms with E-state index in [0.29, 0.717) is 12.8 Å². The van der Waals surface area contributed by atoms with E-state index in [1.54, 1.807) is 0 Å². The van der Waals surface area contributed by atoms with Crippen molar-refractivity contribution in [3.8, 4) is 0 Å².